The molecular weight excluding hydrogens is 447 g/mol. The summed E-state index contributed by atoms with van der Waals surface area (Å²) in [5, 5.41) is 4.01. The van der Waals surface area contributed by atoms with E-state index in [0.717, 1.165) is 11.3 Å². The average Bonchev–Trinajstić information content (AvgIpc) is 3.03. The lowest BCUT2D eigenvalue weighted by Gasteiger charge is -2.09. The van der Waals surface area contributed by atoms with Crippen LogP contribution in [0, 0.1) is 5.82 Å². The molecule has 0 spiro atoms. The van der Waals surface area contributed by atoms with Gasteiger partial charge in [0.15, 0.2) is 0 Å². The molecule has 1 aromatic heterocycles. The molecule has 6 heteroatoms. The van der Waals surface area contributed by atoms with Crippen molar-refractivity contribution in [1.82, 2.24) is 9.78 Å². The van der Waals surface area contributed by atoms with Gasteiger partial charge in [-0.05, 0) is 57.9 Å². The van der Waals surface area contributed by atoms with Crippen LogP contribution in [0.2, 0.25) is 0 Å². The Morgan fingerprint density at radius 3 is 2.53 bits per heavy atom. The van der Waals surface area contributed by atoms with Crippen molar-refractivity contribution in [3.63, 3.8) is 0 Å². The molecule has 0 saturated heterocycles. The summed E-state index contributed by atoms with van der Waals surface area (Å²) in [6.45, 7) is 4.08. The first-order chi connectivity index (χ1) is 14.5. The van der Waals surface area contributed by atoms with Gasteiger partial charge in [-0.15, -0.1) is 0 Å². The fraction of sp³-hybridized carbons (Fsp3) is 0.0417. The quantitative estimate of drug-likeness (QED) is 0.487. The van der Waals surface area contributed by atoms with Crippen LogP contribution in [0.4, 0.5) is 4.39 Å². The van der Waals surface area contributed by atoms with Crippen LogP contribution in [0.15, 0.2) is 82.1 Å². The number of aromatic amines is 1. The summed E-state index contributed by atoms with van der Waals surface area (Å²) in [7, 11) is 0. The lowest BCUT2D eigenvalue weighted by atomic mass is 10.2. The summed E-state index contributed by atoms with van der Waals surface area (Å²) in [6.07, 6.45) is 1.77. The van der Waals surface area contributed by atoms with Crippen molar-refractivity contribution in [2.24, 2.45) is 0 Å². The number of H-pyrrole nitrogens is 1. The minimum absolute atomic E-state index is 0.122. The molecule has 3 aromatic carbocycles. The third-order valence-electron chi connectivity index (χ3n) is 4.63. The van der Waals surface area contributed by atoms with Crippen LogP contribution in [0.5, 0.6) is 5.75 Å². The summed E-state index contributed by atoms with van der Waals surface area (Å²) in [5.41, 5.74) is 1.85. The van der Waals surface area contributed by atoms with E-state index in [0.29, 0.717) is 26.4 Å². The first-order valence-corrected chi connectivity index (χ1v) is 10.0. The minimum atomic E-state index is -0.302. The van der Waals surface area contributed by atoms with Crippen LogP contribution in [-0.4, -0.2) is 9.78 Å². The second kappa shape index (κ2) is 8.55. The number of para-hydroxylation sites is 1. The number of hydrogen-bond donors (Lipinski definition) is 1. The van der Waals surface area contributed by atoms with Crippen molar-refractivity contribution in [1.29, 1.82) is 0 Å². The molecule has 0 saturated carbocycles. The predicted molar refractivity (Wildman–Crippen MR) is 120 cm³/mol. The van der Waals surface area contributed by atoms with Gasteiger partial charge in [0.05, 0.1) is 20.7 Å². The Hall–Kier alpha value is -3.38. The Morgan fingerprint density at radius 1 is 1.07 bits per heavy atom. The van der Waals surface area contributed by atoms with Gasteiger partial charge < -0.3 is 4.74 Å². The molecule has 0 aliphatic carbocycles. The zero-order chi connectivity index (χ0) is 21.1. The van der Waals surface area contributed by atoms with Gasteiger partial charge in [-0.3, -0.25) is 9.89 Å². The Balaban J connectivity index is 1.62. The summed E-state index contributed by atoms with van der Waals surface area (Å²) in [4.78, 5) is 12.8. The van der Waals surface area contributed by atoms with Crippen molar-refractivity contribution < 1.29 is 9.13 Å². The van der Waals surface area contributed by atoms with Crippen molar-refractivity contribution in [2.75, 3.05) is 0 Å². The van der Waals surface area contributed by atoms with Gasteiger partial charge in [-0.25, -0.2) is 9.07 Å². The largest absolute Gasteiger partial charge is 0.488 e. The van der Waals surface area contributed by atoms with E-state index in [-0.39, 0.29) is 18.0 Å². The highest BCUT2D eigenvalue weighted by atomic mass is 79.9. The van der Waals surface area contributed by atoms with Crippen molar-refractivity contribution in [3.8, 4) is 11.4 Å². The topological polar surface area (TPSA) is 47.0 Å². The summed E-state index contributed by atoms with van der Waals surface area (Å²) >= 11 is 3.49. The Labute approximate surface area is 180 Å². The van der Waals surface area contributed by atoms with Gasteiger partial charge >= 0.3 is 0 Å². The van der Waals surface area contributed by atoms with Gasteiger partial charge in [0, 0.05) is 5.56 Å². The molecule has 0 fully saturated rings. The molecule has 4 nitrogen and oxygen atoms in total. The van der Waals surface area contributed by atoms with Gasteiger partial charge in [-0.2, -0.15) is 0 Å². The van der Waals surface area contributed by atoms with Crippen molar-refractivity contribution >= 4 is 28.6 Å². The van der Waals surface area contributed by atoms with Crippen molar-refractivity contribution in [3.05, 3.63) is 115 Å². The number of ether oxygens (including phenoxy) is 1. The maximum absolute atomic E-state index is 13.8. The Morgan fingerprint density at radius 2 is 1.80 bits per heavy atom. The molecule has 0 bridgehead atoms. The monoisotopic (exact) mass is 464 g/mol. The maximum atomic E-state index is 13.8. The van der Waals surface area contributed by atoms with E-state index < -0.39 is 0 Å². The first kappa shape index (κ1) is 19.9. The lowest BCUT2D eigenvalue weighted by molar-refractivity contribution is 0.298. The average molecular weight is 465 g/mol. The van der Waals surface area contributed by atoms with Crippen LogP contribution in [0.25, 0.3) is 18.3 Å². The lowest BCUT2D eigenvalue weighted by Crippen LogP contribution is -2.33. The summed E-state index contributed by atoms with van der Waals surface area (Å²) < 4.78 is 21.7. The minimum Gasteiger partial charge on any atom is -0.488 e. The van der Waals surface area contributed by atoms with E-state index in [1.54, 1.807) is 30.3 Å². The van der Waals surface area contributed by atoms with Crippen LogP contribution < -0.4 is 20.9 Å². The number of aromatic nitrogens is 2. The van der Waals surface area contributed by atoms with Gasteiger partial charge in [0.2, 0.25) is 0 Å². The molecule has 0 aliphatic heterocycles. The SMILES string of the molecule is C=c1[nH]n(-c2ccccc2)c(=O)/c1=C\c1ccc(OCc2ccccc2F)c(Br)c1. The number of hydrogen-bond acceptors (Lipinski definition) is 2. The number of halogens is 2. The highest BCUT2D eigenvalue weighted by Crippen LogP contribution is 2.27. The van der Waals surface area contributed by atoms with E-state index in [9.17, 15) is 9.18 Å². The van der Waals surface area contributed by atoms with Crippen molar-refractivity contribution in [2.45, 2.75) is 6.61 Å². The molecule has 30 heavy (non-hydrogen) atoms. The van der Waals surface area contributed by atoms with E-state index in [1.807, 2.05) is 42.5 Å². The van der Waals surface area contributed by atoms with Gasteiger partial charge in [0.25, 0.3) is 5.56 Å². The molecule has 0 unspecified atom stereocenters. The number of rotatable bonds is 5. The summed E-state index contributed by atoms with van der Waals surface area (Å²) in [5.74, 6) is 0.282. The molecule has 1 N–H and O–H groups in total. The third kappa shape index (κ3) is 4.14. The molecule has 4 rings (SSSR count). The van der Waals surface area contributed by atoms with Gasteiger partial charge in [-0.1, -0.05) is 49.0 Å². The Bertz CT molecular complexity index is 1360. The third-order valence-corrected chi connectivity index (χ3v) is 5.25. The van der Waals surface area contributed by atoms with E-state index in [1.165, 1.54) is 10.7 Å². The van der Waals surface area contributed by atoms with Crippen LogP contribution in [0.3, 0.4) is 0 Å². The van der Waals surface area contributed by atoms with Crippen LogP contribution >= 0.6 is 15.9 Å². The smallest absolute Gasteiger partial charge is 0.279 e. The van der Waals surface area contributed by atoms with Gasteiger partial charge in [0.1, 0.15) is 18.2 Å². The second-order valence-electron chi connectivity index (χ2n) is 6.69. The van der Waals surface area contributed by atoms with Crippen LogP contribution in [0.1, 0.15) is 11.1 Å². The molecule has 0 aliphatic rings. The van der Waals surface area contributed by atoms with Crippen LogP contribution in [-0.2, 0) is 6.61 Å². The number of benzene rings is 3. The molecule has 0 atom stereocenters. The van der Waals surface area contributed by atoms with E-state index >= 15 is 0 Å². The maximum Gasteiger partial charge on any atom is 0.279 e. The molecule has 0 radical (unpaired) electrons. The molecular formula is C24H18BrFN2O2. The number of nitrogens with one attached hydrogen (secondary N) is 1. The van der Waals surface area contributed by atoms with E-state index in [4.69, 9.17) is 4.74 Å². The fourth-order valence-electron chi connectivity index (χ4n) is 3.06. The highest BCUT2D eigenvalue weighted by molar-refractivity contribution is 9.10. The fourth-order valence-corrected chi connectivity index (χ4v) is 3.58. The number of nitrogens with zero attached hydrogens (tertiary/aromatic N) is 1. The highest BCUT2D eigenvalue weighted by Gasteiger charge is 2.07. The zero-order valence-electron chi connectivity index (χ0n) is 15.9. The Kier molecular flexibility index (Phi) is 5.68. The first-order valence-electron chi connectivity index (χ1n) is 9.26. The molecule has 150 valence electrons. The van der Waals surface area contributed by atoms with E-state index in [2.05, 4.69) is 27.6 Å². The normalized spacial score (nSPS) is 11.6. The predicted octanol–water partition coefficient (Wildman–Crippen LogP) is 3.89. The summed E-state index contributed by atoms with van der Waals surface area (Å²) in [6, 6.07) is 21.3. The zero-order valence-corrected chi connectivity index (χ0v) is 17.5. The molecule has 0 amide bonds. The molecule has 4 aromatic rings. The second-order valence-corrected chi connectivity index (χ2v) is 7.55. The molecule has 1 heterocycles. The standard InChI is InChI=1S/C24H18BrFN2O2/c1-16-20(24(29)28(27-16)19-8-3-2-4-9-19)13-17-11-12-23(21(25)14-17)30-15-18-7-5-6-10-22(18)26/h2-14,27H,1,15H2/b20-13-.